The van der Waals surface area contributed by atoms with Crippen molar-refractivity contribution in [2.75, 3.05) is 20.7 Å². The lowest BCUT2D eigenvalue weighted by atomic mass is 10.1. The third-order valence-corrected chi connectivity index (χ3v) is 5.33. The summed E-state index contributed by atoms with van der Waals surface area (Å²) in [6.07, 6.45) is 0.387. The third-order valence-electron chi connectivity index (χ3n) is 3.77. The lowest BCUT2D eigenvalue weighted by molar-refractivity contribution is 0.0951. The van der Waals surface area contributed by atoms with Crippen LogP contribution in [-0.2, 0) is 16.4 Å². The number of urea groups is 1. The van der Waals surface area contributed by atoms with Gasteiger partial charge in [-0.05, 0) is 42.3 Å². The summed E-state index contributed by atoms with van der Waals surface area (Å²) in [5, 5.41) is 5.34. The van der Waals surface area contributed by atoms with Crippen molar-refractivity contribution in [1.82, 2.24) is 15.4 Å². The Balaban J connectivity index is 2.03. The zero-order chi connectivity index (χ0) is 20.7. The van der Waals surface area contributed by atoms with E-state index in [0.29, 0.717) is 28.3 Å². The maximum absolute atomic E-state index is 12.3. The van der Waals surface area contributed by atoms with E-state index in [1.54, 1.807) is 24.3 Å². The largest absolute Gasteiger partial charge is 0.496 e. The summed E-state index contributed by atoms with van der Waals surface area (Å²) >= 11 is 5.93. The number of halogens is 1. The first kappa shape index (κ1) is 21.5. The number of rotatable bonds is 7. The summed E-state index contributed by atoms with van der Waals surface area (Å²) in [5.41, 5.74) is 0.985. The van der Waals surface area contributed by atoms with Crippen LogP contribution in [0.3, 0.4) is 0 Å². The summed E-state index contributed by atoms with van der Waals surface area (Å²) in [6.45, 7) is 0.265. The van der Waals surface area contributed by atoms with Crippen molar-refractivity contribution in [3.8, 4) is 5.75 Å². The van der Waals surface area contributed by atoms with Crippen molar-refractivity contribution < 1.29 is 22.7 Å². The van der Waals surface area contributed by atoms with Crippen molar-refractivity contribution in [2.24, 2.45) is 0 Å². The summed E-state index contributed by atoms with van der Waals surface area (Å²) in [5.74, 6) is 0.0414. The Hall–Kier alpha value is -2.78. The van der Waals surface area contributed by atoms with E-state index in [9.17, 15) is 18.0 Å². The fourth-order valence-electron chi connectivity index (χ4n) is 2.37. The molecule has 8 nitrogen and oxygen atoms in total. The number of carbonyl (C=O) groups excluding carboxylic acids is 2. The molecule has 0 heterocycles. The van der Waals surface area contributed by atoms with E-state index < -0.39 is 16.1 Å². The fourth-order valence-corrected chi connectivity index (χ4v) is 3.57. The van der Waals surface area contributed by atoms with E-state index in [1.807, 2.05) is 4.72 Å². The second-order valence-electron chi connectivity index (χ2n) is 5.68. The Morgan fingerprint density at radius 1 is 1.14 bits per heavy atom. The first-order chi connectivity index (χ1) is 13.3. The van der Waals surface area contributed by atoms with Crippen LogP contribution in [0.25, 0.3) is 0 Å². The molecule has 28 heavy (non-hydrogen) atoms. The number of hydrogen-bond donors (Lipinski definition) is 3. The molecule has 0 aliphatic carbocycles. The van der Waals surface area contributed by atoms with E-state index in [0.717, 1.165) is 0 Å². The highest BCUT2D eigenvalue weighted by Crippen LogP contribution is 2.22. The lowest BCUT2D eigenvalue weighted by Crippen LogP contribution is -2.37. The van der Waals surface area contributed by atoms with Gasteiger partial charge in [0.2, 0.25) is 0 Å². The Labute approximate surface area is 168 Å². The number of carbonyl (C=O) groups is 2. The summed E-state index contributed by atoms with van der Waals surface area (Å²) in [6, 6.07) is 10.0. The molecule has 0 fully saturated rings. The number of benzene rings is 2. The molecule has 2 aromatic carbocycles. The zero-order valence-corrected chi connectivity index (χ0v) is 16.9. The van der Waals surface area contributed by atoms with Gasteiger partial charge in [0.05, 0.1) is 17.6 Å². The molecule has 0 aliphatic heterocycles. The van der Waals surface area contributed by atoms with Gasteiger partial charge in [-0.1, -0.05) is 23.7 Å². The Morgan fingerprint density at radius 2 is 1.89 bits per heavy atom. The van der Waals surface area contributed by atoms with Crippen LogP contribution in [-0.4, -0.2) is 41.1 Å². The molecule has 0 aromatic heterocycles. The molecule has 2 aromatic rings. The fraction of sp³-hybridized carbons (Fsp3) is 0.222. The Morgan fingerprint density at radius 3 is 2.57 bits per heavy atom. The molecule has 0 spiro atoms. The molecule has 0 bridgehead atoms. The molecule has 0 radical (unpaired) electrons. The number of amides is 3. The van der Waals surface area contributed by atoms with Gasteiger partial charge in [-0.3, -0.25) is 4.79 Å². The molecule has 2 rings (SSSR count). The van der Waals surface area contributed by atoms with E-state index in [2.05, 4.69) is 10.6 Å². The average molecular weight is 426 g/mol. The highest BCUT2D eigenvalue weighted by molar-refractivity contribution is 7.90. The topological polar surface area (TPSA) is 114 Å². The maximum atomic E-state index is 12.3. The molecule has 10 heteroatoms. The summed E-state index contributed by atoms with van der Waals surface area (Å²) in [7, 11) is -1.20. The lowest BCUT2D eigenvalue weighted by Gasteiger charge is -2.11. The van der Waals surface area contributed by atoms with Crippen LogP contribution in [0.15, 0.2) is 47.4 Å². The summed E-state index contributed by atoms with van der Waals surface area (Å²) < 4.78 is 31.4. The van der Waals surface area contributed by atoms with Crippen LogP contribution in [0.2, 0.25) is 5.02 Å². The molecule has 3 amide bonds. The van der Waals surface area contributed by atoms with Crippen LogP contribution >= 0.6 is 11.6 Å². The van der Waals surface area contributed by atoms with Gasteiger partial charge < -0.3 is 15.4 Å². The second-order valence-corrected chi connectivity index (χ2v) is 7.80. The molecule has 0 saturated carbocycles. The minimum Gasteiger partial charge on any atom is -0.496 e. The van der Waals surface area contributed by atoms with Crippen LogP contribution < -0.4 is 20.1 Å². The maximum Gasteiger partial charge on any atom is 0.328 e. The van der Waals surface area contributed by atoms with Crippen molar-refractivity contribution in [3.05, 3.63) is 58.6 Å². The van der Waals surface area contributed by atoms with Crippen molar-refractivity contribution in [1.29, 1.82) is 0 Å². The van der Waals surface area contributed by atoms with Gasteiger partial charge in [0.15, 0.2) is 0 Å². The molecule has 0 unspecified atom stereocenters. The molecular formula is C18H20ClN3O5S. The summed E-state index contributed by atoms with van der Waals surface area (Å²) in [4.78, 5) is 23.6. The van der Waals surface area contributed by atoms with E-state index >= 15 is 0 Å². The normalized spacial score (nSPS) is 10.8. The molecule has 0 saturated heterocycles. The monoisotopic (exact) mass is 425 g/mol. The Bertz CT molecular complexity index is 979. The second kappa shape index (κ2) is 9.43. The van der Waals surface area contributed by atoms with Crippen LogP contribution in [0, 0.1) is 0 Å². The SMILES string of the molecule is CNC(=O)NS(=O)(=O)c1cccc(CCNC(=O)c2cc(Cl)ccc2OC)c1. The molecule has 0 aliphatic rings. The van der Waals surface area contributed by atoms with Gasteiger partial charge in [0, 0.05) is 18.6 Å². The van der Waals surface area contributed by atoms with Crippen LogP contribution in [0.5, 0.6) is 5.75 Å². The standard InChI is InChI=1S/C18H20ClN3O5S/c1-20-18(24)22-28(25,26)14-5-3-4-12(10-14)8-9-21-17(23)15-11-13(19)6-7-16(15)27-2/h3-7,10-11H,8-9H2,1-2H3,(H,21,23)(H2,20,22,24). The highest BCUT2D eigenvalue weighted by atomic mass is 35.5. The average Bonchev–Trinajstić information content (AvgIpc) is 2.67. The van der Waals surface area contributed by atoms with E-state index in [-0.39, 0.29) is 17.3 Å². The highest BCUT2D eigenvalue weighted by Gasteiger charge is 2.17. The van der Waals surface area contributed by atoms with Gasteiger partial charge in [-0.25, -0.2) is 17.9 Å². The number of methoxy groups -OCH3 is 1. The first-order valence-corrected chi connectivity index (χ1v) is 10.1. The number of nitrogens with one attached hydrogen (secondary N) is 3. The smallest absolute Gasteiger partial charge is 0.328 e. The quantitative estimate of drug-likeness (QED) is 0.627. The molecule has 0 atom stereocenters. The van der Waals surface area contributed by atoms with Crippen LogP contribution in [0.4, 0.5) is 4.79 Å². The minimum atomic E-state index is -3.97. The molecule has 150 valence electrons. The van der Waals surface area contributed by atoms with Crippen molar-refractivity contribution in [3.63, 3.8) is 0 Å². The first-order valence-electron chi connectivity index (χ1n) is 8.22. The Kier molecular flexibility index (Phi) is 7.24. The number of sulfonamides is 1. The zero-order valence-electron chi connectivity index (χ0n) is 15.3. The van der Waals surface area contributed by atoms with Gasteiger partial charge in [-0.15, -0.1) is 0 Å². The van der Waals surface area contributed by atoms with Crippen molar-refractivity contribution >= 4 is 33.6 Å². The van der Waals surface area contributed by atoms with Crippen LogP contribution in [0.1, 0.15) is 15.9 Å². The predicted octanol–water partition coefficient (Wildman–Crippen LogP) is 1.94. The number of ether oxygens (including phenoxy) is 1. The van der Waals surface area contributed by atoms with Gasteiger partial charge in [-0.2, -0.15) is 0 Å². The minimum absolute atomic E-state index is 0.0450. The van der Waals surface area contributed by atoms with E-state index in [4.69, 9.17) is 16.3 Å². The molecular weight excluding hydrogens is 406 g/mol. The van der Waals surface area contributed by atoms with Gasteiger partial charge in [0.1, 0.15) is 5.75 Å². The predicted molar refractivity (Wildman–Crippen MR) is 105 cm³/mol. The van der Waals surface area contributed by atoms with Crippen molar-refractivity contribution in [2.45, 2.75) is 11.3 Å². The third kappa shape index (κ3) is 5.61. The molecule has 3 N–H and O–H groups in total. The van der Waals surface area contributed by atoms with Gasteiger partial charge >= 0.3 is 6.03 Å². The number of hydrogen-bond acceptors (Lipinski definition) is 5. The van der Waals surface area contributed by atoms with E-state index in [1.165, 1.54) is 32.4 Å². The van der Waals surface area contributed by atoms with Gasteiger partial charge in [0.25, 0.3) is 15.9 Å².